The number of hydrogen-bond acceptors (Lipinski definition) is 7. The van der Waals surface area contributed by atoms with E-state index in [4.69, 9.17) is 9.47 Å². The van der Waals surface area contributed by atoms with Crippen molar-refractivity contribution in [1.82, 2.24) is 20.1 Å². The minimum Gasteiger partial charge on any atom is -0.379 e. The molecular weight excluding hydrogens is 413 g/mol. The second-order valence-corrected chi connectivity index (χ2v) is 8.16. The maximum Gasteiger partial charge on any atom is 0.252 e. The molecule has 8 nitrogen and oxygen atoms in total. The molecule has 0 unspecified atom stereocenters. The highest BCUT2D eigenvalue weighted by atomic mass is 19.1. The van der Waals surface area contributed by atoms with Crippen molar-refractivity contribution in [2.24, 2.45) is 0 Å². The third-order valence-electron chi connectivity index (χ3n) is 5.89. The van der Waals surface area contributed by atoms with Crippen LogP contribution in [0.15, 0.2) is 24.3 Å². The SMILES string of the molecule is O=C(NCCN1CCOCC1)c1cc(NCCCN2CCOCC2)nc2ccc(F)cc12. The van der Waals surface area contributed by atoms with Gasteiger partial charge in [-0.3, -0.25) is 14.6 Å². The molecule has 0 spiro atoms. The minimum atomic E-state index is -0.382. The Morgan fingerprint density at radius 3 is 2.38 bits per heavy atom. The van der Waals surface area contributed by atoms with Gasteiger partial charge in [-0.1, -0.05) is 0 Å². The van der Waals surface area contributed by atoms with Crippen molar-refractivity contribution in [2.75, 3.05) is 84.1 Å². The zero-order valence-corrected chi connectivity index (χ0v) is 18.4. The fourth-order valence-corrected chi connectivity index (χ4v) is 4.07. The molecule has 2 aliphatic heterocycles. The molecule has 1 amide bonds. The molecule has 0 saturated carbocycles. The van der Waals surface area contributed by atoms with Gasteiger partial charge in [0.15, 0.2) is 0 Å². The molecule has 0 atom stereocenters. The lowest BCUT2D eigenvalue weighted by Gasteiger charge is -2.26. The zero-order valence-electron chi connectivity index (χ0n) is 18.4. The van der Waals surface area contributed by atoms with Crippen LogP contribution in [0.5, 0.6) is 0 Å². The Balaban J connectivity index is 1.37. The second kappa shape index (κ2) is 11.5. The van der Waals surface area contributed by atoms with Gasteiger partial charge in [0, 0.05) is 51.2 Å². The third kappa shape index (κ3) is 6.35. The standard InChI is InChI=1S/C23H32FN5O3/c24-18-2-3-21-19(16-18)20(23(30)26-5-7-29-10-14-32-15-11-29)17-22(27-21)25-4-1-6-28-8-12-31-13-9-28/h2-3,16-17H,1,4-15H2,(H,25,27)(H,26,30). The number of anilines is 1. The van der Waals surface area contributed by atoms with E-state index in [0.29, 0.717) is 28.8 Å². The topological polar surface area (TPSA) is 79.0 Å². The molecule has 2 saturated heterocycles. The number of carbonyl (C=O) groups is 1. The molecule has 9 heteroatoms. The normalized spacial score (nSPS) is 18.0. The van der Waals surface area contributed by atoms with Crippen molar-refractivity contribution in [3.05, 3.63) is 35.6 Å². The van der Waals surface area contributed by atoms with Gasteiger partial charge < -0.3 is 20.1 Å². The van der Waals surface area contributed by atoms with E-state index >= 15 is 0 Å². The summed E-state index contributed by atoms with van der Waals surface area (Å²) in [6.45, 7) is 9.74. The van der Waals surface area contributed by atoms with E-state index in [1.807, 2.05) is 0 Å². The van der Waals surface area contributed by atoms with Gasteiger partial charge in [0.1, 0.15) is 11.6 Å². The molecule has 0 radical (unpaired) electrons. The van der Waals surface area contributed by atoms with Gasteiger partial charge in [0.2, 0.25) is 0 Å². The van der Waals surface area contributed by atoms with Gasteiger partial charge in [-0.2, -0.15) is 0 Å². The monoisotopic (exact) mass is 445 g/mol. The van der Waals surface area contributed by atoms with Crippen LogP contribution in [0.3, 0.4) is 0 Å². The van der Waals surface area contributed by atoms with Crippen LogP contribution < -0.4 is 10.6 Å². The number of nitrogens with one attached hydrogen (secondary N) is 2. The maximum atomic E-state index is 13.9. The zero-order chi connectivity index (χ0) is 22.2. The summed E-state index contributed by atoms with van der Waals surface area (Å²) in [5.74, 6) is 0.0323. The number of benzene rings is 1. The molecule has 4 rings (SSSR count). The number of pyridine rings is 1. The average Bonchev–Trinajstić information content (AvgIpc) is 2.83. The van der Waals surface area contributed by atoms with Crippen LogP contribution in [0.4, 0.5) is 10.2 Å². The number of fused-ring (bicyclic) bond motifs is 1. The summed E-state index contributed by atoms with van der Waals surface area (Å²) in [5.41, 5.74) is 1.04. The van der Waals surface area contributed by atoms with Crippen molar-refractivity contribution in [3.63, 3.8) is 0 Å². The lowest BCUT2D eigenvalue weighted by atomic mass is 10.1. The highest BCUT2D eigenvalue weighted by Crippen LogP contribution is 2.22. The largest absolute Gasteiger partial charge is 0.379 e. The van der Waals surface area contributed by atoms with E-state index in [1.54, 1.807) is 12.1 Å². The number of amides is 1. The van der Waals surface area contributed by atoms with Crippen molar-refractivity contribution in [3.8, 4) is 0 Å². The van der Waals surface area contributed by atoms with Gasteiger partial charge in [-0.15, -0.1) is 0 Å². The fourth-order valence-electron chi connectivity index (χ4n) is 4.07. The van der Waals surface area contributed by atoms with Gasteiger partial charge in [0.25, 0.3) is 5.91 Å². The third-order valence-corrected chi connectivity index (χ3v) is 5.89. The number of halogens is 1. The summed E-state index contributed by atoms with van der Waals surface area (Å²) >= 11 is 0. The predicted molar refractivity (Wildman–Crippen MR) is 122 cm³/mol. The van der Waals surface area contributed by atoms with Crippen LogP contribution in [0, 0.1) is 5.82 Å². The Morgan fingerprint density at radius 1 is 0.969 bits per heavy atom. The molecular formula is C23H32FN5O3. The molecule has 2 aliphatic rings. The van der Waals surface area contributed by atoms with E-state index in [2.05, 4.69) is 25.4 Å². The number of ether oxygens (including phenoxy) is 2. The Hall–Kier alpha value is -2.33. The van der Waals surface area contributed by atoms with Crippen LogP contribution in [-0.2, 0) is 9.47 Å². The molecule has 2 N–H and O–H groups in total. The number of aromatic nitrogens is 1. The summed E-state index contributed by atoms with van der Waals surface area (Å²) in [6, 6.07) is 6.09. The number of morpholine rings is 2. The lowest BCUT2D eigenvalue weighted by molar-refractivity contribution is 0.0378. The van der Waals surface area contributed by atoms with Crippen molar-refractivity contribution < 1.29 is 18.7 Å². The van der Waals surface area contributed by atoms with Crippen LogP contribution in [0.2, 0.25) is 0 Å². The Bertz CT molecular complexity index is 901. The predicted octanol–water partition coefficient (Wildman–Crippen LogP) is 1.57. The van der Waals surface area contributed by atoms with Crippen molar-refractivity contribution in [1.29, 1.82) is 0 Å². The van der Waals surface area contributed by atoms with Crippen LogP contribution in [0.25, 0.3) is 10.9 Å². The minimum absolute atomic E-state index is 0.215. The number of rotatable bonds is 9. The van der Waals surface area contributed by atoms with E-state index in [0.717, 1.165) is 78.7 Å². The summed E-state index contributed by atoms with van der Waals surface area (Å²) in [7, 11) is 0. The molecule has 3 heterocycles. The Labute approximate surface area is 188 Å². The Kier molecular flexibility index (Phi) is 8.22. The number of carbonyl (C=O) groups excluding carboxylic acids is 1. The maximum absolute atomic E-state index is 13.9. The van der Waals surface area contributed by atoms with Gasteiger partial charge in [0.05, 0.1) is 37.5 Å². The second-order valence-electron chi connectivity index (χ2n) is 8.16. The summed E-state index contributed by atoms with van der Waals surface area (Å²) < 4.78 is 24.6. The highest BCUT2D eigenvalue weighted by molar-refractivity contribution is 6.07. The quantitative estimate of drug-likeness (QED) is 0.568. The van der Waals surface area contributed by atoms with Gasteiger partial charge in [-0.25, -0.2) is 9.37 Å². The molecule has 1 aromatic heterocycles. The number of hydrogen-bond donors (Lipinski definition) is 2. The van der Waals surface area contributed by atoms with Crippen molar-refractivity contribution in [2.45, 2.75) is 6.42 Å². The van der Waals surface area contributed by atoms with Crippen molar-refractivity contribution >= 4 is 22.6 Å². The average molecular weight is 446 g/mol. The first kappa shape index (κ1) is 22.8. The molecule has 0 aliphatic carbocycles. The molecule has 1 aromatic carbocycles. The number of nitrogens with zero attached hydrogens (tertiary/aromatic N) is 3. The molecule has 2 fully saturated rings. The first-order chi connectivity index (χ1) is 15.7. The van der Waals surface area contributed by atoms with E-state index in [-0.39, 0.29) is 11.7 Å². The fraction of sp³-hybridized carbons (Fsp3) is 0.565. The van der Waals surface area contributed by atoms with Gasteiger partial charge >= 0.3 is 0 Å². The molecule has 32 heavy (non-hydrogen) atoms. The Morgan fingerprint density at radius 2 is 1.66 bits per heavy atom. The van der Waals surface area contributed by atoms with Gasteiger partial charge in [-0.05, 0) is 37.2 Å². The lowest BCUT2D eigenvalue weighted by Crippen LogP contribution is -2.41. The van der Waals surface area contributed by atoms with E-state index in [1.165, 1.54) is 12.1 Å². The van der Waals surface area contributed by atoms with E-state index in [9.17, 15) is 9.18 Å². The molecule has 2 aromatic rings. The summed E-state index contributed by atoms with van der Waals surface area (Å²) in [4.78, 5) is 22.2. The van der Waals surface area contributed by atoms with Crippen LogP contribution >= 0.6 is 0 Å². The molecule has 174 valence electrons. The van der Waals surface area contributed by atoms with Crippen LogP contribution in [-0.4, -0.2) is 99.5 Å². The highest BCUT2D eigenvalue weighted by Gasteiger charge is 2.16. The first-order valence-corrected chi connectivity index (χ1v) is 11.4. The summed E-state index contributed by atoms with van der Waals surface area (Å²) in [5, 5.41) is 6.83. The summed E-state index contributed by atoms with van der Waals surface area (Å²) in [6.07, 6.45) is 0.963. The first-order valence-electron chi connectivity index (χ1n) is 11.4. The van der Waals surface area contributed by atoms with E-state index < -0.39 is 0 Å². The smallest absolute Gasteiger partial charge is 0.252 e. The molecule has 0 bridgehead atoms. The van der Waals surface area contributed by atoms with Crippen LogP contribution in [0.1, 0.15) is 16.8 Å².